The Morgan fingerprint density at radius 3 is 2.41 bits per heavy atom. The lowest BCUT2D eigenvalue weighted by atomic mass is 10.0. The fourth-order valence-electron chi connectivity index (χ4n) is 2.89. The maximum Gasteiger partial charge on any atom is 0.343 e. The Kier molecular flexibility index (Phi) is 9.69. The first kappa shape index (κ1) is 24.9. The maximum atomic E-state index is 12.8. The molecule has 2 aromatic carbocycles. The zero-order chi connectivity index (χ0) is 23.5. The molecule has 0 saturated carbocycles. The summed E-state index contributed by atoms with van der Waals surface area (Å²) in [4.78, 5) is 36.6. The predicted molar refractivity (Wildman–Crippen MR) is 125 cm³/mol. The van der Waals surface area contributed by atoms with Crippen LogP contribution in [0, 0.1) is 16.0 Å². The van der Waals surface area contributed by atoms with Gasteiger partial charge in [-0.05, 0) is 36.8 Å². The van der Waals surface area contributed by atoms with Crippen LogP contribution >= 0.6 is 11.8 Å². The summed E-state index contributed by atoms with van der Waals surface area (Å²) >= 11 is 1.63. The Bertz CT molecular complexity index is 987. The summed E-state index contributed by atoms with van der Waals surface area (Å²) in [6.45, 7) is 7.25. The van der Waals surface area contributed by atoms with Gasteiger partial charge in [0.25, 0.3) is 5.69 Å². The lowest BCUT2D eigenvalue weighted by Gasteiger charge is -2.20. The van der Waals surface area contributed by atoms with Gasteiger partial charge in [-0.3, -0.25) is 14.9 Å². The Morgan fingerprint density at radius 1 is 1.19 bits per heavy atom. The van der Waals surface area contributed by atoms with Crippen LogP contribution in [0.5, 0.6) is 0 Å². The number of nitro groups is 1. The number of carbonyl (C=O) groups excluding carboxylic acids is 2. The first-order valence-electron chi connectivity index (χ1n) is 10.0. The van der Waals surface area contributed by atoms with Gasteiger partial charge in [0.15, 0.2) is 5.78 Å². The molecule has 0 amide bonds. The molecule has 0 radical (unpaired) electrons. The summed E-state index contributed by atoms with van der Waals surface area (Å²) in [7, 11) is 0. The van der Waals surface area contributed by atoms with E-state index in [2.05, 4.69) is 11.9 Å². The molecule has 0 saturated heterocycles. The van der Waals surface area contributed by atoms with Crippen LogP contribution in [0.15, 0.2) is 83.4 Å². The SMILES string of the molecule is C=CCN/C(=C(/C(C)=O)C(=O)OCc1ccc([N+](=O)[O-])cc1)C(C)CSc1ccccc1. The average Bonchev–Trinajstić information content (AvgIpc) is 2.79. The largest absolute Gasteiger partial charge is 0.457 e. The van der Waals surface area contributed by atoms with Crippen LogP contribution in [0.25, 0.3) is 0 Å². The van der Waals surface area contributed by atoms with E-state index in [1.165, 1.54) is 31.2 Å². The van der Waals surface area contributed by atoms with E-state index < -0.39 is 16.7 Å². The third-order valence-electron chi connectivity index (χ3n) is 4.52. The highest BCUT2D eigenvalue weighted by Gasteiger charge is 2.25. The summed E-state index contributed by atoms with van der Waals surface area (Å²) < 4.78 is 5.37. The van der Waals surface area contributed by atoms with Crippen molar-refractivity contribution >= 4 is 29.2 Å². The summed E-state index contributed by atoms with van der Waals surface area (Å²) in [5.41, 5.74) is 1.01. The molecule has 1 unspecified atom stereocenters. The van der Waals surface area contributed by atoms with Crippen LogP contribution in [0.1, 0.15) is 19.4 Å². The summed E-state index contributed by atoms with van der Waals surface area (Å²) in [5, 5.41) is 13.9. The van der Waals surface area contributed by atoms with E-state index in [-0.39, 0.29) is 23.8 Å². The van der Waals surface area contributed by atoms with Crippen molar-refractivity contribution in [3.8, 4) is 0 Å². The van der Waals surface area contributed by atoms with Gasteiger partial charge in [-0.2, -0.15) is 0 Å². The van der Waals surface area contributed by atoms with Gasteiger partial charge >= 0.3 is 5.97 Å². The molecule has 1 N–H and O–H groups in total. The molecule has 7 nitrogen and oxygen atoms in total. The first-order valence-corrected chi connectivity index (χ1v) is 11.0. The fourth-order valence-corrected chi connectivity index (χ4v) is 3.85. The third kappa shape index (κ3) is 7.39. The smallest absolute Gasteiger partial charge is 0.343 e. The molecular formula is C24H26N2O5S. The molecule has 2 rings (SSSR count). The van der Waals surface area contributed by atoms with Gasteiger partial charge in [-0.1, -0.05) is 31.2 Å². The molecule has 0 heterocycles. The summed E-state index contributed by atoms with van der Waals surface area (Å²) in [6, 6.07) is 15.6. The van der Waals surface area contributed by atoms with Crippen LogP contribution in [-0.2, 0) is 20.9 Å². The molecule has 32 heavy (non-hydrogen) atoms. The average molecular weight is 455 g/mol. The van der Waals surface area contributed by atoms with E-state index >= 15 is 0 Å². The lowest BCUT2D eigenvalue weighted by Crippen LogP contribution is -2.28. The van der Waals surface area contributed by atoms with E-state index in [0.717, 1.165) is 4.90 Å². The van der Waals surface area contributed by atoms with Crippen molar-refractivity contribution in [3.05, 3.63) is 94.2 Å². The number of nitro benzene ring substituents is 1. The number of nitrogens with zero attached hydrogens (tertiary/aromatic N) is 1. The maximum absolute atomic E-state index is 12.8. The molecule has 0 aliphatic heterocycles. The topological polar surface area (TPSA) is 98.5 Å². The number of allylic oxidation sites excluding steroid dienone is 1. The molecule has 2 aromatic rings. The van der Waals surface area contributed by atoms with Crippen LogP contribution in [0.3, 0.4) is 0 Å². The van der Waals surface area contributed by atoms with Crippen LogP contribution < -0.4 is 5.32 Å². The van der Waals surface area contributed by atoms with Crippen LogP contribution in [0.2, 0.25) is 0 Å². The van der Waals surface area contributed by atoms with Gasteiger partial charge in [-0.15, -0.1) is 18.3 Å². The third-order valence-corrected chi connectivity index (χ3v) is 5.79. The number of carbonyl (C=O) groups is 2. The highest BCUT2D eigenvalue weighted by Crippen LogP contribution is 2.25. The van der Waals surface area contributed by atoms with Crippen molar-refractivity contribution < 1.29 is 19.2 Å². The quantitative estimate of drug-likeness (QED) is 0.0726. The van der Waals surface area contributed by atoms with Gasteiger partial charge in [0.1, 0.15) is 12.2 Å². The van der Waals surface area contributed by atoms with Gasteiger partial charge in [0.05, 0.1) is 4.92 Å². The molecule has 168 valence electrons. The number of rotatable bonds is 12. The van der Waals surface area contributed by atoms with Crippen LogP contribution in [-0.4, -0.2) is 29.0 Å². The molecule has 0 aromatic heterocycles. The van der Waals surface area contributed by atoms with E-state index in [1.54, 1.807) is 17.8 Å². The summed E-state index contributed by atoms with van der Waals surface area (Å²) in [6.07, 6.45) is 1.65. The Balaban J connectivity index is 2.18. The van der Waals surface area contributed by atoms with Crippen molar-refractivity contribution in [1.82, 2.24) is 5.32 Å². The minimum absolute atomic E-state index is 0.0325. The van der Waals surface area contributed by atoms with Gasteiger partial charge in [0, 0.05) is 40.9 Å². The number of thioether (sulfide) groups is 1. The highest BCUT2D eigenvalue weighted by atomic mass is 32.2. The molecule has 0 spiro atoms. The lowest BCUT2D eigenvalue weighted by molar-refractivity contribution is -0.384. The zero-order valence-corrected chi connectivity index (χ0v) is 18.9. The van der Waals surface area contributed by atoms with Gasteiger partial charge in [-0.25, -0.2) is 4.79 Å². The first-order chi connectivity index (χ1) is 15.3. The van der Waals surface area contributed by atoms with Crippen molar-refractivity contribution in [2.24, 2.45) is 5.92 Å². The van der Waals surface area contributed by atoms with Crippen molar-refractivity contribution in [1.29, 1.82) is 0 Å². The second-order valence-electron chi connectivity index (χ2n) is 7.04. The predicted octanol–water partition coefficient (Wildman–Crippen LogP) is 4.69. The van der Waals surface area contributed by atoms with Gasteiger partial charge < -0.3 is 10.1 Å². The Labute approximate surface area is 191 Å². The second kappa shape index (κ2) is 12.5. The number of nitrogens with one attached hydrogen (secondary N) is 1. The summed E-state index contributed by atoms with van der Waals surface area (Å²) in [5.74, 6) is -0.623. The van der Waals surface area contributed by atoms with E-state index in [0.29, 0.717) is 23.6 Å². The number of non-ortho nitro benzene ring substituents is 1. The van der Waals surface area contributed by atoms with Crippen molar-refractivity contribution in [2.45, 2.75) is 25.3 Å². The zero-order valence-electron chi connectivity index (χ0n) is 18.1. The fraction of sp³-hybridized carbons (Fsp3) is 0.250. The number of Topliss-reactive ketones (excluding diaryl/α,β-unsaturated/α-hetero) is 1. The van der Waals surface area contributed by atoms with Crippen LogP contribution in [0.4, 0.5) is 5.69 Å². The Hall–Kier alpha value is -3.39. The number of ketones is 1. The van der Waals surface area contributed by atoms with Crippen molar-refractivity contribution in [2.75, 3.05) is 12.3 Å². The van der Waals surface area contributed by atoms with E-state index in [1.807, 2.05) is 37.3 Å². The molecule has 8 heteroatoms. The molecule has 0 bridgehead atoms. The molecule has 0 fully saturated rings. The van der Waals surface area contributed by atoms with E-state index in [9.17, 15) is 19.7 Å². The highest BCUT2D eigenvalue weighted by molar-refractivity contribution is 7.99. The molecule has 0 aliphatic carbocycles. The van der Waals surface area contributed by atoms with E-state index in [4.69, 9.17) is 4.74 Å². The molecule has 0 aliphatic rings. The van der Waals surface area contributed by atoms with Crippen molar-refractivity contribution in [3.63, 3.8) is 0 Å². The molecular weight excluding hydrogens is 428 g/mol. The Morgan fingerprint density at radius 2 is 1.84 bits per heavy atom. The number of hydrogen-bond donors (Lipinski definition) is 1. The standard InChI is InChI=1S/C24H26N2O5S/c1-4-14-25-23(17(2)16-32-21-8-6-5-7-9-21)22(18(3)27)24(28)31-15-19-10-12-20(13-11-19)26(29)30/h4-13,17,25H,1,14-16H2,2-3H3/b23-22-. The number of benzene rings is 2. The number of hydrogen-bond acceptors (Lipinski definition) is 7. The number of esters is 1. The monoisotopic (exact) mass is 454 g/mol. The minimum atomic E-state index is -0.737. The number of ether oxygens (including phenoxy) is 1. The second-order valence-corrected chi connectivity index (χ2v) is 8.13. The van der Waals surface area contributed by atoms with Gasteiger partial charge in [0.2, 0.25) is 0 Å². The molecule has 1 atom stereocenters. The normalized spacial score (nSPS) is 12.3. The minimum Gasteiger partial charge on any atom is -0.457 e.